The second-order valence-electron chi connectivity index (χ2n) is 4.17. The van der Waals surface area contributed by atoms with E-state index in [2.05, 4.69) is 11.8 Å². The van der Waals surface area contributed by atoms with E-state index in [9.17, 15) is 4.79 Å². The number of carbonyl (C=O) groups is 1. The summed E-state index contributed by atoms with van der Waals surface area (Å²) in [7, 11) is 0. The summed E-state index contributed by atoms with van der Waals surface area (Å²) in [5.41, 5.74) is 1.12. The van der Waals surface area contributed by atoms with E-state index in [0.29, 0.717) is 6.54 Å². The van der Waals surface area contributed by atoms with Crippen LogP contribution >= 0.6 is 0 Å². The minimum atomic E-state index is -0.735. The molecule has 0 amide bonds. The summed E-state index contributed by atoms with van der Waals surface area (Å²) in [5, 5.41) is 8.75. The SMILES string of the molecule is CCCCCN(CCC(=O)O)c1ccccc1. The summed E-state index contributed by atoms with van der Waals surface area (Å²) in [4.78, 5) is 12.8. The summed E-state index contributed by atoms with van der Waals surface area (Å²) in [5.74, 6) is -0.735. The number of carboxylic acids is 1. The summed E-state index contributed by atoms with van der Waals surface area (Å²) in [6.45, 7) is 3.69. The summed E-state index contributed by atoms with van der Waals surface area (Å²) < 4.78 is 0. The van der Waals surface area contributed by atoms with E-state index >= 15 is 0 Å². The van der Waals surface area contributed by atoms with E-state index in [1.807, 2.05) is 30.3 Å². The van der Waals surface area contributed by atoms with Crippen molar-refractivity contribution >= 4 is 11.7 Å². The third-order valence-electron chi connectivity index (χ3n) is 2.75. The lowest BCUT2D eigenvalue weighted by atomic mass is 10.2. The lowest BCUT2D eigenvalue weighted by molar-refractivity contribution is -0.136. The molecule has 0 fully saturated rings. The molecule has 3 nitrogen and oxygen atoms in total. The maximum absolute atomic E-state index is 10.6. The number of benzene rings is 1. The van der Waals surface area contributed by atoms with Gasteiger partial charge in [0.1, 0.15) is 0 Å². The van der Waals surface area contributed by atoms with Crippen LogP contribution in [0, 0.1) is 0 Å². The molecule has 0 bridgehead atoms. The van der Waals surface area contributed by atoms with Crippen LogP contribution in [-0.2, 0) is 4.79 Å². The highest BCUT2D eigenvalue weighted by atomic mass is 16.4. The van der Waals surface area contributed by atoms with Crippen LogP contribution in [0.25, 0.3) is 0 Å². The Morgan fingerprint density at radius 3 is 2.47 bits per heavy atom. The van der Waals surface area contributed by atoms with Crippen LogP contribution in [-0.4, -0.2) is 24.2 Å². The van der Waals surface area contributed by atoms with Gasteiger partial charge in [0, 0.05) is 18.8 Å². The van der Waals surface area contributed by atoms with Gasteiger partial charge in [-0.3, -0.25) is 4.79 Å². The molecule has 3 heteroatoms. The molecule has 0 heterocycles. The van der Waals surface area contributed by atoms with Crippen LogP contribution in [0.5, 0.6) is 0 Å². The maximum atomic E-state index is 10.6. The Balaban J connectivity index is 2.55. The number of aliphatic carboxylic acids is 1. The maximum Gasteiger partial charge on any atom is 0.305 e. The highest BCUT2D eigenvalue weighted by Gasteiger charge is 2.07. The van der Waals surface area contributed by atoms with Crippen molar-refractivity contribution in [2.75, 3.05) is 18.0 Å². The Hall–Kier alpha value is -1.51. The fraction of sp³-hybridized carbons (Fsp3) is 0.500. The Kier molecular flexibility index (Phi) is 6.15. The molecule has 0 aromatic heterocycles. The van der Waals surface area contributed by atoms with Gasteiger partial charge < -0.3 is 10.0 Å². The van der Waals surface area contributed by atoms with Crippen molar-refractivity contribution in [3.63, 3.8) is 0 Å². The number of unbranched alkanes of at least 4 members (excludes halogenated alkanes) is 2. The summed E-state index contributed by atoms with van der Waals surface area (Å²) >= 11 is 0. The molecule has 0 aliphatic rings. The van der Waals surface area contributed by atoms with E-state index in [-0.39, 0.29) is 6.42 Å². The minimum absolute atomic E-state index is 0.195. The van der Waals surface area contributed by atoms with Gasteiger partial charge in [-0.25, -0.2) is 0 Å². The first-order valence-corrected chi connectivity index (χ1v) is 6.26. The fourth-order valence-corrected chi connectivity index (χ4v) is 1.79. The number of carboxylic acid groups (broad SMARTS) is 1. The van der Waals surface area contributed by atoms with Crippen molar-refractivity contribution < 1.29 is 9.90 Å². The zero-order chi connectivity index (χ0) is 12.5. The third kappa shape index (κ3) is 5.38. The van der Waals surface area contributed by atoms with Crippen molar-refractivity contribution in [3.05, 3.63) is 30.3 Å². The van der Waals surface area contributed by atoms with Crippen molar-refractivity contribution in [1.29, 1.82) is 0 Å². The highest BCUT2D eigenvalue weighted by Crippen LogP contribution is 2.14. The molecule has 0 aliphatic carbocycles. The molecular weight excluding hydrogens is 214 g/mol. The van der Waals surface area contributed by atoms with E-state index in [4.69, 9.17) is 5.11 Å². The molecule has 1 N–H and O–H groups in total. The molecule has 0 saturated carbocycles. The van der Waals surface area contributed by atoms with Crippen LogP contribution < -0.4 is 4.90 Å². The second kappa shape index (κ2) is 7.71. The first kappa shape index (κ1) is 13.6. The standard InChI is InChI=1S/C14H21NO2/c1-2-3-7-11-15(12-10-14(16)17)13-8-5-4-6-9-13/h4-6,8-9H,2-3,7,10-12H2,1H3,(H,16,17). The fourth-order valence-electron chi connectivity index (χ4n) is 1.79. The van der Waals surface area contributed by atoms with Crippen LogP contribution in [0.1, 0.15) is 32.6 Å². The van der Waals surface area contributed by atoms with E-state index < -0.39 is 5.97 Å². The second-order valence-corrected chi connectivity index (χ2v) is 4.17. The Bertz CT molecular complexity index is 324. The topological polar surface area (TPSA) is 40.5 Å². The molecule has 1 aromatic carbocycles. The lowest BCUT2D eigenvalue weighted by Gasteiger charge is -2.24. The smallest absolute Gasteiger partial charge is 0.305 e. The van der Waals surface area contributed by atoms with Crippen molar-refractivity contribution in [2.24, 2.45) is 0 Å². The normalized spacial score (nSPS) is 10.2. The van der Waals surface area contributed by atoms with Gasteiger partial charge in [0.2, 0.25) is 0 Å². The first-order valence-electron chi connectivity index (χ1n) is 6.26. The number of rotatable bonds is 8. The monoisotopic (exact) mass is 235 g/mol. The average Bonchev–Trinajstić information content (AvgIpc) is 2.34. The third-order valence-corrected chi connectivity index (χ3v) is 2.75. The minimum Gasteiger partial charge on any atom is -0.481 e. The molecule has 0 saturated heterocycles. The van der Waals surface area contributed by atoms with Crippen LogP contribution in [0.15, 0.2) is 30.3 Å². The highest BCUT2D eigenvalue weighted by molar-refractivity contribution is 5.67. The zero-order valence-corrected chi connectivity index (χ0v) is 10.4. The molecule has 17 heavy (non-hydrogen) atoms. The first-order chi connectivity index (χ1) is 8.24. The zero-order valence-electron chi connectivity index (χ0n) is 10.4. The van der Waals surface area contributed by atoms with E-state index in [1.165, 1.54) is 12.8 Å². The number of hydrogen-bond donors (Lipinski definition) is 1. The molecule has 0 spiro atoms. The van der Waals surface area contributed by atoms with Crippen LogP contribution in [0.4, 0.5) is 5.69 Å². The lowest BCUT2D eigenvalue weighted by Crippen LogP contribution is -2.27. The van der Waals surface area contributed by atoms with E-state index in [0.717, 1.165) is 18.7 Å². The van der Waals surface area contributed by atoms with Crippen LogP contribution in [0.3, 0.4) is 0 Å². The van der Waals surface area contributed by atoms with Gasteiger partial charge in [-0.1, -0.05) is 38.0 Å². The number of para-hydroxylation sites is 1. The van der Waals surface area contributed by atoms with Crippen molar-refractivity contribution in [3.8, 4) is 0 Å². The number of nitrogens with zero attached hydrogens (tertiary/aromatic N) is 1. The molecule has 0 unspecified atom stereocenters. The van der Waals surface area contributed by atoms with Crippen LogP contribution in [0.2, 0.25) is 0 Å². The molecule has 1 rings (SSSR count). The van der Waals surface area contributed by atoms with Gasteiger partial charge in [0.15, 0.2) is 0 Å². The Morgan fingerprint density at radius 1 is 1.18 bits per heavy atom. The molecule has 0 aliphatic heterocycles. The summed E-state index contributed by atoms with van der Waals surface area (Å²) in [6.07, 6.45) is 3.68. The van der Waals surface area contributed by atoms with Gasteiger partial charge >= 0.3 is 5.97 Å². The quantitative estimate of drug-likeness (QED) is 0.704. The van der Waals surface area contributed by atoms with Gasteiger partial charge in [0.25, 0.3) is 0 Å². The van der Waals surface area contributed by atoms with E-state index in [1.54, 1.807) is 0 Å². The van der Waals surface area contributed by atoms with Crippen molar-refractivity contribution in [1.82, 2.24) is 0 Å². The number of hydrogen-bond acceptors (Lipinski definition) is 2. The molecule has 0 radical (unpaired) electrons. The van der Waals surface area contributed by atoms with Gasteiger partial charge in [0.05, 0.1) is 6.42 Å². The molecule has 0 atom stereocenters. The van der Waals surface area contributed by atoms with Gasteiger partial charge in [-0.2, -0.15) is 0 Å². The molecule has 94 valence electrons. The Morgan fingerprint density at radius 2 is 1.88 bits per heavy atom. The predicted octanol–water partition coefficient (Wildman–Crippen LogP) is 3.16. The summed E-state index contributed by atoms with van der Waals surface area (Å²) in [6, 6.07) is 10.0. The predicted molar refractivity (Wildman–Crippen MR) is 70.4 cm³/mol. The molecular formula is C14H21NO2. The van der Waals surface area contributed by atoms with Crippen molar-refractivity contribution in [2.45, 2.75) is 32.6 Å². The largest absolute Gasteiger partial charge is 0.481 e. The Labute approximate surface area is 103 Å². The van der Waals surface area contributed by atoms with Gasteiger partial charge in [-0.05, 0) is 18.6 Å². The number of anilines is 1. The molecule has 1 aromatic rings. The average molecular weight is 235 g/mol. The van der Waals surface area contributed by atoms with Gasteiger partial charge in [-0.15, -0.1) is 0 Å².